The molecule has 4 rings (SSSR count). The summed E-state index contributed by atoms with van der Waals surface area (Å²) in [6, 6.07) is 9.33. The predicted octanol–water partition coefficient (Wildman–Crippen LogP) is 9.85. The molecule has 3 heteroatoms. The largest absolute Gasteiger partial charge is 0.496 e. The molecule has 0 spiro atoms. The van der Waals surface area contributed by atoms with Gasteiger partial charge in [-0.2, -0.15) is 0 Å². The average Bonchev–Trinajstić information content (AvgIpc) is 2.89. The summed E-state index contributed by atoms with van der Waals surface area (Å²) in [5.41, 5.74) is 8.80. The Bertz CT molecular complexity index is 995. The molecule has 2 aliphatic rings. The highest BCUT2D eigenvalue weighted by Crippen LogP contribution is 2.59. The molecule has 2 nitrogen and oxygen atoms in total. The van der Waals surface area contributed by atoms with Crippen LogP contribution in [0, 0.1) is 18.8 Å². The molecule has 2 fully saturated rings. The maximum atomic E-state index is 6.30. The van der Waals surface area contributed by atoms with Gasteiger partial charge in [0.15, 0.2) is 0 Å². The van der Waals surface area contributed by atoms with Crippen molar-refractivity contribution in [2.24, 2.45) is 11.8 Å². The van der Waals surface area contributed by atoms with Crippen LogP contribution in [0.4, 0.5) is 0 Å². The summed E-state index contributed by atoms with van der Waals surface area (Å²) in [7, 11) is 3.40. The molecule has 2 aromatic carbocycles. The van der Waals surface area contributed by atoms with E-state index in [2.05, 4.69) is 58.9 Å². The van der Waals surface area contributed by atoms with Crippen molar-refractivity contribution in [2.75, 3.05) is 14.2 Å². The molecule has 38 heavy (non-hydrogen) atoms. The van der Waals surface area contributed by atoms with E-state index in [0.29, 0.717) is 11.8 Å². The smallest absolute Gasteiger partial charge is 0.127 e. The Morgan fingerprint density at radius 3 is 1.55 bits per heavy atom. The molecular weight excluding hydrogens is 483 g/mol. The van der Waals surface area contributed by atoms with Crippen molar-refractivity contribution in [3.05, 3.63) is 41.0 Å². The van der Waals surface area contributed by atoms with Crippen LogP contribution < -0.4 is 14.8 Å². The average molecular weight is 537 g/mol. The molecule has 0 amide bonds. The molecule has 210 valence electrons. The second-order valence-electron chi connectivity index (χ2n) is 12.8. The van der Waals surface area contributed by atoms with E-state index in [4.69, 9.17) is 9.47 Å². The summed E-state index contributed by atoms with van der Waals surface area (Å²) in [6.07, 6.45) is 16.1. The van der Waals surface area contributed by atoms with Crippen molar-refractivity contribution in [2.45, 2.75) is 123 Å². The summed E-state index contributed by atoms with van der Waals surface area (Å²) < 4.78 is 12.6. The minimum atomic E-state index is -0.363. The zero-order chi connectivity index (χ0) is 27.2. The highest BCUT2D eigenvalue weighted by atomic mass is 31.1. The summed E-state index contributed by atoms with van der Waals surface area (Å²) in [5, 5.41) is 1.53. The van der Waals surface area contributed by atoms with Gasteiger partial charge < -0.3 is 9.47 Å². The van der Waals surface area contributed by atoms with E-state index in [-0.39, 0.29) is 7.92 Å². The van der Waals surface area contributed by atoms with E-state index < -0.39 is 0 Å². The third kappa shape index (κ3) is 6.78. The molecule has 0 unspecified atom stereocenters. The molecule has 2 aromatic rings. The van der Waals surface area contributed by atoms with Crippen LogP contribution in [0.25, 0.3) is 11.1 Å². The van der Waals surface area contributed by atoms with Gasteiger partial charge in [0, 0.05) is 10.9 Å². The fraction of sp³-hybridized carbons (Fsp3) is 0.657. The molecule has 0 saturated heterocycles. The Kier molecular flexibility index (Phi) is 10.6. The third-order valence-electron chi connectivity index (χ3n) is 8.69. The summed E-state index contributed by atoms with van der Waals surface area (Å²) >= 11 is 0. The van der Waals surface area contributed by atoms with Crippen molar-refractivity contribution in [3.63, 3.8) is 0 Å². The zero-order valence-corrected chi connectivity index (χ0v) is 26.3. The number of methoxy groups -OCH3 is 2. The first-order valence-electron chi connectivity index (χ1n) is 15.5. The zero-order valence-electron chi connectivity index (χ0n) is 25.4. The second kappa shape index (κ2) is 13.7. The lowest BCUT2D eigenvalue weighted by Crippen LogP contribution is -2.28. The highest BCUT2D eigenvalue weighted by molar-refractivity contribution is 7.67. The molecule has 2 aliphatic carbocycles. The van der Waals surface area contributed by atoms with Crippen LogP contribution in [-0.4, -0.2) is 25.5 Å². The number of benzene rings is 2. The van der Waals surface area contributed by atoms with E-state index in [1.807, 2.05) is 14.2 Å². The maximum absolute atomic E-state index is 6.30. The van der Waals surface area contributed by atoms with Gasteiger partial charge in [-0.15, -0.1) is 0 Å². The van der Waals surface area contributed by atoms with Crippen molar-refractivity contribution in [1.82, 2.24) is 0 Å². The first kappa shape index (κ1) is 29.5. The van der Waals surface area contributed by atoms with Gasteiger partial charge in [-0.3, -0.25) is 0 Å². The molecular formula is C35H53O2P. The Labute approximate surface area is 235 Å². The Morgan fingerprint density at radius 1 is 0.684 bits per heavy atom. The molecule has 0 bridgehead atoms. The monoisotopic (exact) mass is 536 g/mol. The van der Waals surface area contributed by atoms with Gasteiger partial charge in [0.05, 0.1) is 14.2 Å². The quantitative estimate of drug-likeness (QED) is 0.281. The fourth-order valence-electron chi connectivity index (χ4n) is 7.23. The van der Waals surface area contributed by atoms with Crippen LogP contribution in [0.3, 0.4) is 0 Å². The number of aryl methyl sites for hydroxylation is 1. The number of hydrogen-bond acceptors (Lipinski definition) is 2. The van der Waals surface area contributed by atoms with Crippen molar-refractivity contribution < 1.29 is 9.47 Å². The van der Waals surface area contributed by atoms with Crippen molar-refractivity contribution >= 4 is 13.2 Å². The SMILES string of the molecule is COc1ccc(OC)c(P(C2CCCCC2)C2CCCCC2)c1-c1c(CC(C)C)cc(C)cc1CC(C)C. The molecule has 0 atom stereocenters. The Balaban J connectivity index is 2.05. The fourth-order valence-corrected chi connectivity index (χ4v) is 11.3. The van der Waals surface area contributed by atoms with E-state index in [1.165, 1.54) is 97.3 Å². The normalized spacial score (nSPS) is 17.5. The van der Waals surface area contributed by atoms with E-state index >= 15 is 0 Å². The van der Waals surface area contributed by atoms with Gasteiger partial charge in [-0.1, -0.05) is 91.8 Å². The van der Waals surface area contributed by atoms with Gasteiger partial charge in [-0.25, -0.2) is 0 Å². The van der Waals surface area contributed by atoms with Gasteiger partial charge in [0.25, 0.3) is 0 Å². The van der Waals surface area contributed by atoms with Gasteiger partial charge in [0.2, 0.25) is 0 Å². The van der Waals surface area contributed by atoms with Gasteiger partial charge >= 0.3 is 0 Å². The first-order valence-corrected chi connectivity index (χ1v) is 17.0. The molecule has 0 heterocycles. The second-order valence-corrected chi connectivity index (χ2v) is 15.6. The van der Waals surface area contributed by atoms with E-state index in [9.17, 15) is 0 Å². The van der Waals surface area contributed by atoms with Crippen LogP contribution in [0.1, 0.15) is 109 Å². The topological polar surface area (TPSA) is 18.5 Å². The number of ether oxygens (including phenoxy) is 2. The van der Waals surface area contributed by atoms with E-state index in [1.54, 1.807) is 0 Å². The molecule has 2 saturated carbocycles. The molecule has 0 radical (unpaired) electrons. The molecule has 0 aliphatic heterocycles. The molecule has 0 N–H and O–H groups in total. The maximum Gasteiger partial charge on any atom is 0.127 e. The van der Waals surface area contributed by atoms with Crippen LogP contribution in [-0.2, 0) is 12.8 Å². The van der Waals surface area contributed by atoms with Gasteiger partial charge in [-0.05, 0) is 97.4 Å². The lowest BCUT2D eigenvalue weighted by molar-refractivity contribution is 0.406. The van der Waals surface area contributed by atoms with Crippen LogP contribution in [0.2, 0.25) is 0 Å². The summed E-state index contributed by atoms with van der Waals surface area (Å²) in [5.74, 6) is 3.34. The molecule has 0 aromatic heterocycles. The van der Waals surface area contributed by atoms with Crippen LogP contribution in [0.5, 0.6) is 11.5 Å². The summed E-state index contributed by atoms with van der Waals surface area (Å²) in [6.45, 7) is 11.7. The number of rotatable bonds is 10. The Morgan fingerprint density at radius 2 is 1.13 bits per heavy atom. The lowest BCUT2D eigenvalue weighted by Gasteiger charge is -2.40. The predicted molar refractivity (Wildman–Crippen MR) is 167 cm³/mol. The van der Waals surface area contributed by atoms with Crippen molar-refractivity contribution in [1.29, 1.82) is 0 Å². The number of hydrogen-bond donors (Lipinski definition) is 0. The van der Waals surface area contributed by atoms with Crippen LogP contribution in [0.15, 0.2) is 24.3 Å². The van der Waals surface area contributed by atoms with Crippen LogP contribution >= 0.6 is 7.92 Å². The minimum Gasteiger partial charge on any atom is -0.496 e. The van der Waals surface area contributed by atoms with E-state index in [0.717, 1.165) is 35.7 Å². The first-order chi connectivity index (χ1) is 18.3. The van der Waals surface area contributed by atoms with Crippen molar-refractivity contribution in [3.8, 4) is 22.6 Å². The van der Waals surface area contributed by atoms with Gasteiger partial charge in [0.1, 0.15) is 11.5 Å². The minimum absolute atomic E-state index is 0.363. The highest BCUT2D eigenvalue weighted by Gasteiger charge is 2.37. The lowest BCUT2D eigenvalue weighted by atomic mass is 9.85. The Hall–Kier alpha value is -1.53. The standard InChI is InChI=1S/C35H53O2P/c1-24(2)20-27-22-26(5)23-28(21-25(3)4)33(27)34-31(36-6)18-19-32(37-7)35(34)38(29-14-10-8-11-15-29)30-16-12-9-13-17-30/h18-19,22-25,29-30H,8-17,20-21H2,1-7H3. The third-order valence-corrected chi connectivity index (χ3v) is 12.3. The summed E-state index contributed by atoms with van der Waals surface area (Å²) in [4.78, 5) is 0.